The van der Waals surface area contributed by atoms with Crippen LogP contribution in [0.2, 0.25) is 5.02 Å². The number of ether oxygens (including phenoxy) is 1. The van der Waals surface area contributed by atoms with Crippen LogP contribution >= 0.6 is 11.6 Å². The summed E-state index contributed by atoms with van der Waals surface area (Å²) in [6.07, 6.45) is 1.52. The van der Waals surface area contributed by atoms with Crippen LogP contribution in [-0.4, -0.2) is 30.1 Å². The number of nitrogens with zero attached hydrogens (tertiary/aromatic N) is 1. The van der Waals surface area contributed by atoms with Crippen molar-refractivity contribution in [1.82, 2.24) is 10.2 Å². The van der Waals surface area contributed by atoms with E-state index in [2.05, 4.69) is 12.2 Å². The molecule has 1 fully saturated rings. The number of carbonyl (C=O) groups is 1. The monoisotopic (exact) mass is 296 g/mol. The van der Waals surface area contributed by atoms with Gasteiger partial charge in [0.2, 0.25) is 0 Å². The van der Waals surface area contributed by atoms with Gasteiger partial charge in [0.25, 0.3) is 0 Å². The number of carbonyl (C=O) groups excluding carboxylic acids is 1. The van der Waals surface area contributed by atoms with E-state index in [1.54, 1.807) is 4.90 Å². The molecule has 1 aliphatic heterocycles. The van der Waals surface area contributed by atoms with Crippen LogP contribution in [0.15, 0.2) is 24.3 Å². The second-order valence-electron chi connectivity index (χ2n) is 4.96. The molecule has 2 amide bonds. The SMILES string of the molecule is CCCNC(=O)N1CC(CC)OC1c1cccc(Cl)c1. The van der Waals surface area contributed by atoms with Gasteiger partial charge in [0.15, 0.2) is 6.23 Å². The van der Waals surface area contributed by atoms with Crippen LogP contribution in [0.25, 0.3) is 0 Å². The summed E-state index contributed by atoms with van der Waals surface area (Å²) in [5.41, 5.74) is 0.917. The standard InChI is InChI=1S/C15H21ClN2O2/c1-3-8-17-15(19)18-10-13(4-2)20-14(18)11-6-5-7-12(16)9-11/h5-7,9,13-14H,3-4,8,10H2,1-2H3,(H,17,19). The van der Waals surface area contributed by atoms with Gasteiger partial charge in [-0.2, -0.15) is 0 Å². The number of amides is 2. The maximum atomic E-state index is 12.2. The van der Waals surface area contributed by atoms with E-state index >= 15 is 0 Å². The number of hydrogen-bond acceptors (Lipinski definition) is 2. The van der Waals surface area contributed by atoms with Gasteiger partial charge in [0.05, 0.1) is 12.6 Å². The lowest BCUT2D eigenvalue weighted by Crippen LogP contribution is -2.40. The van der Waals surface area contributed by atoms with E-state index < -0.39 is 0 Å². The first-order valence-electron chi connectivity index (χ1n) is 7.11. The molecule has 2 unspecified atom stereocenters. The highest BCUT2D eigenvalue weighted by atomic mass is 35.5. The first-order chi connectivity index (χ1) is 9.65. The molecule has 2 rings (SSSR count). The van der Waals surface area contributed by atoms with Gasteiger partial charge >= 0.3 is 6.03 Å². The largest absolute Gasteiger partial charge is 0.349 e. The zero-order chi connectivity index (χ0) is 14.5. The van der Waals surface area contributed by atoms with Gasteiger partial charge in [-0.1, -0.05) is 37.6 Å². The summed E-state index contributed by atoms with van der Waals surface area (Å²) < 4.78 is 5.97. The molecule has 0 aliphatic carbocycles. The maximum Gasteiger partial charge on any atom is 0.319 e. The third-order valence-corrected chi connectivity index (χ3v) is 3.62. The first kappa shape index (κ1) is 15.1. The van der Waals surface area contributed by atoms with Gasteiger partial charge in [-0.25, -0.2) is 4.79 Å². The van der Waals surface area contributed by atoms with E-state index in [0.717, 1.165) is 18.4 Å². The molecule has 0 aromatic heterocycles. The zero-order valence-corrected chi connectivity index (χ0v) is 12.7. The van der Waals surface area contributed by atoms with Gasteiger partial charge in [0.1, 0.15) is 0 Å². The van der Waals surface area contributed by atoms with Crippen LogP contribution in [0.3, 0.4) is 0 Å². The molecule has 0 bridgehead atoms. The molecule has 0 radical (unpaired) electrons. The lowest BCUT2D eigenvalue weighted by molar-refractivity contribution is 0.00933. The van der Waals surface area contributed by atoms with Gasteiger partial charge < -0.3 is 10.1 Å². The van der Waals surface area contributed by atoms with Crippen LogP contribution in [0, 0.1) is 0 Å². The summed E-state index contributed by atoms with van der Waals surface area (Å²) in [5, 5.41) is 3.56. The predicted octanol–water partition coefficient (Wildman–Crippen LogP) is 3.57. The molecule has 0 saturated carbocycles. The summed E-state index contributed by atoms with van der Waals surface area (Å²) >= 11 is 6.03. The molecule has 0 spiro atoms. The number of rotatable bonds is 4. The van der Waals surface area contributed by atoms with Crippen molar-refractivity contribution in [3.05, 3.63) is 34.9 Å². The molecule has 4 nitrogen and oxygen atoms in total. The molecule has 1 heterocycles. The number of hydrogen-bond donors (Lipinski definition) is 1. The Hall–Kier alpha value is -1.26. The molecule has 110 valence electrons. The van der Waals surface area contributed by atoms with Crippen LogP contribution in [0.4, 0.5) is 4.79 Å². The van der Waals surface area contributed by atoms with Crippen molar-refractivity contribution < 1.29 is 9.53 Å². The fraction of sp³-hybridized carbons (Fsp3) is 0.533. The minimum absolute atomic E-state index is 0.0753. The van der Waals surface area contributed by atoms with Crippen molar-refractivity contribution in [3.63, 3.8) is 0 Å². The second kappa shape index (κ2) is 6.95. The van der Waals surface area contributed by atoms with Crippen molar-refractivity contribution in [1.29, 1.82) is 0 Å². The number of benzene rings is 1. The van der Waals surface area contributed by atoms with Gasteiger partial charge in [-0.15, -0.1) is 0 Å². The minimum atomic E-state index is -0.351. The molecular formula is C15H21ClN2O2. The summed E-state index contributed by atoms with van der Waals surface area (Å²) in [4.78, 5) is 14.0. The average Bonchev–Trinajstić information content (AvgIpc) is 2.89. The van der Waals surface area contributed by atoms with Crippen molar-refractivity contribution in [2.24, 2.45) is 0 Å². The fourth-order valence-electron chi connectivity index (χ4n) is 2.28. The fourth-order valence-corrected chi connectivity index (χ4v) is 2.48. The highest BCUT2D eigenvalue weighted by Crippen LogP contribution is 2.32. The van der Waals surface area contributed by atoms with Crippen LogP contribution in [0.5, 0.6) is 0 Å². The van der Waals surface area contributed by atoms with E-state index in [4.69, 9.17) is 16.3 Å². The average molecular weight is 297 g/mol. The summed E-state index contributed by atoms with van der Waals surface area (Å²) in [6.45, 7) is 5.38. The predicted molar refractivity (Wildman–Crippen MR) is 79.8 cm³/mol. The topological polar surface area (TPSA) is 41.6 Å². The van der Waals surface area contributed by atoms with Crippen molar-refractivity contribution >= 4 is 17.6 Å². The quantitative estimate of drug-likeness (QED) is 0.923. The minimum Gasteiger partial charge on any atom is -0.349 e. The van der Waals surface area contributed by atoms with Crippen LogP contribution in [-0.2, 0) is 4.74 Å². The summed E-state index contributed by atoms with van der Waals surface area (Å²) in [5.74, 6) is 0. The Kier molecular flexibility index (Phi) is 5.26. The third kappa shape index (κ3) is 3.44. The Morgan fingerprint density at radius 2 is 2.30 bits per heavy atom. The van der Waals surface area contributed by atoms with Crippen molar-refractivity contribution in [2.75, 3.05) is 13.1 Å². The van der Waals surface area contributed by atoms with E-state index in [0.29, 0.717) is 18.1 Å². The van der Waals surface area contributed by atoms with Crippen LogP contribution in [0.1, 0.15) is 38.5 Å². The Bertz CT molecular complexity index is 467. The third-order valence-electron chi connectivity index (χ3n) is 3.38. The van der Waals surface area contributed by atoms with Gasteiger partial charge in [-0.05, 0) is 25.0 Å². The molecule has 1 aliphatic rings. The molecule has 5 heteroatoms. The lowest BCUT2D eigenvalue weighted by Gasteiger charge is -2.23. The molecule has 1 saturated heterocycles. The molecule has 2 atom stereocenters. The van der Waals surface area contributed by atoms with E-state index in [-0.39, 0.29) is 18.4 Å². The Labute approximate surface area is 125 Å². The highest BCUT2D eigenvalue weighted by molar-refractivity contribution is 6.30. The van der Waals surface area contributed by atoms with E-state index in [1.807, 2.05) is 31.2 Å². The second-order valence-corrected chi connectivity index (χ2v) is 5.39. The number of halogens is 1. The number of urea groups is 1. The Morgan fingerprint density at radius 3 is 2.95 bits per heavy atom. The molecular weight excluding hydrogens is 276 g/mol. The number of nitrogens with one attached hydrogen (secondary N) is 1. The van der Waals surface area contributed by atoms with E-state index in [1.165, 1.54) is 0 Å². The van der Waals surface area contributed by atoms with Gasteiger partial charge in [-0.3, -0.25) is 4.90 Å². The highest BCUT2D eigenvalue weighted by Gasteiger charge is 2.36. The lowest BCUT2D eigenvalue weighted by atomic mass is 10.2. The van der Waals surface area contributed by atoms with E-state index in [9.17, 15) is 4.79 Å². The Morgan fingerprint density at radius 1 is 1.50 bits per heavy atom. The first-order valence-corrected chi connectivity index (χ1v) is 7.48. The molecule has 1 aromatic rings. The van der Waals surface area contributed by atoms with Crippen molar-refractivity contribution in [2.45, 2.75) is 39.0 Å². The van der Waals surface area contributed by atoms with Gasteiger partial charge in [0, 0.05) is 17.1 Å². The normalized spacial score (nSPS) is 22.1. The molecule has 1 aromatic carbocycles. The maximum absolute atomic E-state index is 12.2. The smallest absolute Gasteiger partial charge is 0.319 e. The molecule has 20 heavy (non-hydrogen) atoms. The summed E-state index contributed by atoms with van der Waals surface area (Å²) in [7, 11) is 0. The zero-order valence-electron chi connectivity index (χ0n) is 11.9. The Balaban J connectivity index is 2.17. The molecule has 1 N–H and O–H groups in total. The summed E-state index contributed by atoms with van der Waals surface area (Å²) in [6, 6.07) is 7.41. The van der Waals surface area contributed by atoms with Crippen molar-refractivity contribution in [3.8, 4) is 0 Å². The van der Waals surface area contributed by atoms with Crippen LogP contribution < -0.4 is 5.32 Å².